The van der Waals surface area contributed by atoms with Crippen molar-refractivity contribution >= 4 is 40.3 Å². The number of anilines is 2. The van der Waals surface area contributed by atoms with Gasteiger partial charge in [0.05, 0.1) is 5.69 Å². The molecular weight excluding hydrogens is 278 g/mol. The predicted molar refractivity (Wildman–Crippen MR) is 85.0 cm³/mol. The van der Waals surface area contributed by atoms with Crippen molar-refractivity contribution in [2.75, 3.05) is 10.6 Å². The topological polar surface area (TPSA) is 37.0 Å². The van der Waals surface area contributed by atoms with Crippen LogP contribution in [-0.2, 0) is 0 Å². The minimum absolute atomic E-state index is 0.395. The summed E-state index contributed by atoms with van der Waals surface area (Å²) < 4.78 is 0. The summed E-state index contributed by atoms with van der Waals surface area (Å²) >= 11 is 11.2. The number of rotatable bonds is 2. The van der Waals surface area contributed by atoms with Crippen LogP contribution < -0.4 is 10.6 Å². The summed E-state index contributed by atoms with van der Waals surface area (Å²) in [6.07, 6.45) is 1.63. The van der Waals surface area contributed by atoms with E-state index in [0.717, 1.165) is 5.69 Å². The lowest BCUT2D eigenvalue weighted by Gasteiger charge is -2.12. The molecule has 98 valence electrons. The van der Waals surface area contributed by atoms with Crippen molar-refractivity contribution in [2.24, 2.45) is 0 Å². The van der Waals surface area contributed by atoms with Crippen LogP contribution in [0.3, 0.4) is 0 Å². The highest BCUT2D eigenvalue weighted by Crippen LogP contribution is 2.18. The van der Waals surface area contributed by atoms with Gasteiger partial charge in [-0.3, -0.25) is 0 Å². The summed E-state index contributed by atoms with van der Waals surface area (Å²) in [6, 6.07) is 9.71. The molecular formula is C14H14ClN3S. The fourth-order valence-corrected chi connectivity index (χ4v) is 1.98. The number of aromatic nitrogens is 1. The highest BCUT2D eigenvalue weighted by molar-refractivity contribution is 7.80. The van der Waals surface area contributed by atoms with Crippen molar-refractivity contribution in [1.82, 2.24) is 4.98 Å². The van der Waals surface area contributed by atoms with Crippen LogP contribution in [0.1, 0.15) is 11.1 Å². The molecule has 0 aliphatic rings. The fourth-order valence-electron chi connectivity index (χ4n) is 1.58. The SMILES string of the molecule is Cc1ccc(NC(=S)Nc2cccnc2Cl)cc1C. The monoisotopic (exact) mass is 291 g/mol. The average Bonchev–Trinajstić information content (AvgIpc) is 2.37. The van der Waals surface area contributed by atoms with Crippen molar-refractivity contribution in [3.63, 3.8) is 0 Å². The molecule has 1 heterocycles. The summed E-state index contributed by atoms with van der Waals surface area (Å²) in [5.41, 5.74) is 4.10. The zero-order valence-corrected chi connectivity index (χ0v) is 12.3. The van der Waals surface area contributed by atoms with Crippen LogP contribution in [0, 0.1) is 13.8 Å². The molecule has 0 spiro atoms. The van der Waals surface area contributed by atoms with Gasteiger partial charge in [0.25, 0.3) is 0 Å². The van der Waals surface area contributed by atoms with E-state index in [-0.39, 0.29) is 0 Å². The van der Waals surface area contributed by atoms with Crippen molar-refractivity contribution in [1.29, 1.82) is 0 Å². The number of aryl methyl sites for hydroxylation is 2. The van der Waals surface area contributed by atoms with Gasteiger partial charge in [-0.05, 0) is 61.5 Å². The smallest absolute Gasteiger partial charge is 0.175 e. The molecule has 0 atom stereocenters. The Bertz CT molecular complexity index is 613. The Kier molecular flexibility index (Phi) is 4.35. The van der Waals surface area contributed by atoms with Crippen LogP contribution in [-0.4, -0.2) is 10.1 Å². The lowest BCUT2D eigenvalue weighted by Crippen LogP contribution is -2.19. The zero-order valence-electron chi connectivity index (χ0n) is 10.7. The molecule has 0 fully saturated rings. The standard InChI is InChI=1S/C14H14ClN3S/c1-9-5-6-11(8-10(9)2)17-14(19)18-12-4-3-7-16-13(12)15/h3-8H,1-2H3,(H2,17,18,19). The highest BCUT2D eigenvalue weighted by Gasteiger charge is 2.03. The van der Waals surface area contributed by atoms with Gasteiger partial charge in [0.2, 0.25) is 0 Å². The van der Waals surface area contributed by atoms with E-state index in [9.17, 15) is 0 Å². The van der Waals surface area contributed by atoms with E-state index in [4.69, 9.17) is 23.8 Å². The molecule has 0 amide bonds. The van der Waals surface area contributed by atoms with E-state index in [0.29, 0.717) is 16.0 Å². The summed E-state index contributed by atoms with van der Waals surface area (Å²) in [5, 5.41) is 7.02. The second-order valence-electron chi connectivity index (χ2n) is 4.22. The third-order valence-electron chi connectivity index (χ3n) is 2.77. The summed E-state index contributed by atoms with van der Waals surface area (Å²) in [7, 11) is 0. The first kappa shape index (κ1) is 13.8. The first-order valence-corrected chi connectivity index (χ1v) is 6.60. The number of halogens is 1. The van der Waals surface area contributed by atoms with E-state index in [2.05, 4.69) is 35.5 Å². The number of benzene rings is 1. The normalized spacial score (nSPS) is 10.1. The lowest BCUT2D eigenvalue weighted by atomic mass is 10.1. The van der Waals surface area contributed by atoms with Gasteiger partial charge in [0, 0.05) is 11.9 Å². The quantitative estimate of drug-likeness (QED) is 0.643. The van der Waals surface area contributed by atoms with Gasteiger partial charge in [-0.25, -0.2) is 4.98 Å². The largest absolute Gasteiger partial charge is 0.332 e. The molecule has 0 radical (unpaired) electrons. The zero-order chi connectivity index (χ0) is 13.8. The molecule has 0 unspecified atom stereocenters. The Morgan fingerprint density at radius 2 is 1.95 bits per heavy atom. The van der Waals surface area contributed by atoms with Crippen molar-refractivity contribution < 1.29 is 0 Å². The number of nitrogens with one attached hydrogen (secondary N) is 2. The van der Waals surface area contributed by atoms with E-state index >= 15 is 0 Å². The number of hydrogen-bond donors (Lipinski definition) is 2. The first-order chi connectivity index (χ1) is 9.06. The first-order valence-electron chi connectivity index (χ1n) is 5.82. The minimum atomic E-state index is 0.395. The molecule has 5 heteroatoms. The molecule has 0 aliphatic heterocycles. The Hall–Kier alpha value is -1.65. The molecule has 0 aliphatic carbocycles. The number of pyridine rings is 1. The van der Waals surface area contributed by atoms with Crippen molar-refractivity contribution in [3.05, 3.63) is 52.8 Å². The molecule has 1 aromatic heterocycles. The van der Waals surface area contributed by atoms with Gasteiger partial charge in [-0.15, -0.1) is 0 Å². The van der Waals surface area contributed by atoms with Gasteiger partial charge >= 0.3 is 0 Å². The third kappa shape index (κ3) is 3.66. The molecule has 19 heavy (non-hydrogen) atoms. The maximum atomic E-state index is 5.96. The molecule has 0 saturated heterocycles. The second kappa shape index (κ2) is 5.99. The van der Waals surface area contributed by atoms with Crippen molar-refractivity contribution in [2.45, 2.75) is 13.8 Å². The van der Waals surface area contributed by atoms with E-state index in [1.807, 2.05) is 18.2 Å². The van der Waals surface area contributed by atoms with E-state index < -0.39 is 0 Å². The van der Waals surface area contributed by atoms with Crippen LogP contribution in [0.25, 0.3) is 0 Å². The van der Waals surface area contributed by atoms with Crippen LogP contribution >= 0.6 is 23.8 Å². The number of thiocarbonyl (C=S) groups is 1. The van der Waals surface area contributed by atoms with Gasteiger partial charge < -0.3 is 10.6 Å². The van der Waals surface area contributed by atoms with Gasteiger partial charge in [-0.1, -0.05) is 17.7 Å². The molecule has 3 nitrogen and oxygen atoms in total. The summed E-state index contributed by atoms with van der Waals surface area (Å²) in [4.78, 5) is 3.98. The minimum Gasteiger partial charge on any atom is -0.332 e. The molecule has 2 N–H and O–H groups in total. The van der Waals surface area contributed by atoms with Crippen LogP contribution in [0.15, 0.2) is 36.5 Å². The van der Waals surface area contributed by atoms with Gasteiger partial charge in [-0.2, -0.15) is 0 Å². The Morgan fingerprint density at radius 1 is 1.16 bits per heavy atom. The van der Waals surface area contributed by atoms with E-state index in [1.54, 1.807) is 12.3 Å². The molecule has 2 aromatic rings. The van der Waals surface area contributed by atoms with Gasteiger partial charge in [0.1, 0.15) is 0 Å². The van der Waals surface area contributed by atoms with Crippen molar-refractivity contribution in [3.8, 4) is 0 Å². The molecule has 0 bridgehead atoms. The Balaban J connectivity index is 2.05. The Labute approximate surface area is 123 Å². The lowest BCUT2D eigenvalue weighted by molar-refractivity contribution is 1.32. The summed E-state index contributed by atoms with van der Waals surface area (Å²) in [6.45, 7) is 4.14. The highest BCUT2D eigenvalue weighted by atomic mass is 35.5. The molecule has 1 aromatic carbocycles. The third-order valence-corrected chi connectivity index (χ3v) is 3.28. The van der Waals surface area contributed by atoms with Crippen LogP contribution in [0.4, 0.5) is 11.4 Å². The summed E-state index contributed by atoms with van der Waals surface area (Å²) in [5.74, 6) is 0. The molecule has 0 saturated carbocycles. The predicted octanol–water partition coefficient (Wildman–Crippen LogP) is 4.16. The van der Waals surface area contributed by atoms with Gasteiger partial charge in [0.15, 0.2) is 10.3 Å². The molecule has 2 rings (SSSR count). The van der Waals surface area contributed by atoms with Crippen LogP contribution in [0.2, 0.25) is 5.15 Å². The number of hydrogen-bond acceptors (Lipinski definition) is 2. The second-order valence-corrected chi connectivity index (χ2v) is 4.99. The maximum Gasteiger partial charge on any atom is 0.175 e. The van der Waals surface area contributed by atoms with E-state index in [1.165, 1.54) is 11.1 Å². The number of nitrogens with zero attached hydrogens (tertiary/aromatic N) is 1. The maximum absolute atomic E-state index is 5.96. The Morgan fingerprint density at radius 3 is 2.63 bits per heavy atom. The fraction of sp³-hybridized carbons (Fsp3) is 0.143. The average molecular weight is 292 g/mol. The van der Waals surface area contributed by atoms with Crippen LogP contribution in [0.5, 0.6) is 0 Å².